The molecule has 1 N–H and O–H groups in total. The van der Waals surface area contributed by atoms with E-state index in [1.165, 1.54) is 0 Å². The number of rotatable bonds is 6. The molecule has 2 aromatic carbocycles. The van der Waals surface area contributed by atoms with Gasteiger partial charge in [-0.15, -0.1) is 0 Å². The van der Waals surface area contributed by atoms with Gasteiger partial charge in [0.05, 0.1) is 25.8 Å². The Kier molecular flexibility index (Phi) is 6.02. The van der Waals surface area contributed by atoms with Gasteiger partial charge in [0.15, 0.2) is 11.5 Å². The molecule has 0 spiro atoms. The minimum absolute atomic E-state index is 0.0912. The van der Waals surface area contributed by atoms with Crippen LogP contribution in [0.4, 0.5) is 0 Å². The van der Waals surface area contributed by atoms with E-state index in [9.17, 15) is 4.79 Å². The maximum atomic E-state index is 12.9. The molecule has 3 aromatic rings. The number of carbonyl (C=O) groups is 1. The van der Waals surface area contributed by atoms with Crippen molar-refractivity contribution < 1.29 is 14.3 Å². The average molecular weight is 405 g/mol. The van der Waals surface area contributed by atoms with E-state index in [4.69, 9.17) is 9.47 Å². The summed E-state index contributed by atoms with van der Waals surface area (Å²) in [5.41, 5.74) is 2.75. The van der Waals surface area contributed by atoms with Crippen molar-refractivity contribution in [1.29, 1.82) is 0 Å². The van der Waals surface area contributed by atoms with Crippen molar-refractivity contribution in [1.82, 2.24) is 15.1 Å². The lowest BCUT2D eigenvalue weighted by atomic mass is 9.95. The smallest absolute Gasteiger partial charge is 0.251 e. The molecule has 0 bridgehead atoms. The number of hydrogen-bond acceptors (Lipinski definition) is 4. The highest BCUT2D eigenvalue weighted by atomic mass is 16.5. The molecule has 6 nitrogen and oxygen atoms in total. The molecule has 2 heterocycles. The first-order valence-electron chi connectivity index (χ1n) is 10.4. The van der Waals surface area contributed by atoms with Crippen LogP contribution in [-0.4, -0.2) is 28.9 Å². The number of amides is 1. The van der Waals surface area contributed by atoms with Crippen LogP contribution in [0, 0.1) is 5.92 Å². The van der Waals surface area contributed by atoms with Crippen LogP contribution in [0.1, 0.15) is 47.8 Å². The number of nitrogens with zero attached hydrogens (tertiary/aromatic N) is 2. The Morgan fingerprint density at radius 3 is 2.57 bits per heavy atom. The van der Waals surface area contributed by atoms with Gasteiger partial charge >= 0.3 is 0 Å². The van der Waals surface area contributed by atoms with Crippen LogP contribution in [0.2, 0.25) is 0 Å². The number of benzene rings is 2. The molecule has 156 valence electrons. The summed E-state index contributed by atoms with van der Waals surface area (Å²) in [5.74, 6) is 1.63. The molecule has 6 heteroatoms. The SMILES string of the molecule is CC(C)C(NC(=O)c1ccc(Cn2cccn2)cc1)c1ccc2c(c1)OCCCO2. The molecular formula is C24H27N3O3. The number of ether oxygens (including phenoxy) is 2. The predicted octanol–water partition coefficient (Wildman–Crippen LogP) is 4.22. The first-order valence-corrected chi connectivity index (χ1v) is 10.4. The highest BCUT2D eigenvalue weighted by Gasteiger charge is 2.21. The van der Waals surface area contributed by atoms with Gasteiger partial charge in [0.2, 0.25) is 0 Å². The number of carbonyl (C=O) groups excluding carboxylic acids is 1. The van der Waals surface area contributed by atoms with Crippen molar-refractivity contribution in [3.8, 4) is 11.5 Å². The zero-order chi connectivity index (χ0) is 20.9. The molecule has 0 saturated heterocycles. The third-order valence-electron chi connectivity index (χ3n) is 5.20. The number of aromatic nitrogens is 2. The molecule has 1 amide bonds. The maximum absolute atomic E-state index is 12.9. The second-order valence-corrected chi connectivity index (χ2v) is 7.85. The van der Waals surface area contributed by atoms with Gasteiger partial charge in [0.25, 0.3) is 5.91 Å². The Labute approximate surface area is 176 Å². The molecule has 30 heavy (non-hydrogen) atoms. The van der Waals surface area contributed by atoms with Crippen molar-refractivity contribution in [3.05, 3.63) is 77.6 Å². The van der Waals surface area contributed by atoms with Crippen LogP contribution in [0.15, 0.2) is 60.9 Å². The third kappa shape index (κ3) is 4.64. The third-order valence-corrected chi connectivity index (χ3v) is 5.20. The Morgan fingerprint density at radius 2 is 1.87 bits per heavy atom. The topological polar surface area (TPSA) is 65.4 Å². The fourth-order valence-electron chi connectivity index (χ4n) is 3.58. The molecular weight excluding hydrogens is 378 g/mol. The van der Waals surface area contributed by atoms with Gasteiger partial charge in [0, 0.05) is 24.4 Å². The Morgan fingerprint density at radius 1 is 1.10 bits per heavy atom. The molecule has 1 aromatic heterocycles. The fourth-order valence-corrected chi connectivity index (χ4v) is 3.58. The fraction of sp³-hybridized carbons (Fsp3) is 0.333. The summed E-state index contributed by atoms with van der Waals surface area (Å²) in [6.07, 6.45) is 4.54. The van der Waals surface area contributed by atoms with Gasteiger partial charge in [-0.3, -0.25) is 9.48 Å². The first-order chi connectivity index (χ1) is 14.6. The largest absolute Gasteiger partial charge is 0.490 e. The number of fused-ring (bicyclic) bond motifs is 1. The highest BCUT2D eigenvalue weighted by Crippen LogP contribution is 2.34. The van der Waals surface area contributed by atoms with Crippen molar-refractivity contribution in [3.63, 3.8) is 0 Å². The number of hydrogen-bond donors (Lipinski definition) is 1. The zero-order valence-electron chi connectivity index (χ0n) is 17.4. The molecule has 4 rings (SSSR count). The lowest BCUT2D eigenvalue weighted by molar-refractivity contribution is 0.0925. The van der Waals surface area contributed by atoms with Gasteiger partial charge in [-0.25, -0.2) is 0 Å². The van der Waals surface area contributed by atoms with Crippen molar-refractivity contribution in [2.45, 2.75) is 32.9 Å². The summed E-state index contributed by atoms with van der Waals surface area (Å²) >= 11 is 0. The van der Waals surface area contributed by atoms with Crippen molar-refractivity contribution in [2.24, 2.45) is 5.92 Å². The quantitative estimate of drug-likeness (QED) is 0.667. The van der Waals surface area contributed by atoms with Crippen LogP contribution in [-0.2, 0) is 6.54 Å². The van der Waals surface area contributed by atoms with Gasteiger partial charge in [-0.05, 0) is 47.4 Å². The van der Waals surface area contributed by atoms with E-state index in [0.717, 1.165) is 29.0 Å². The Bertz CT molecular complexity index is 981. The molecule has 1 unspecified atom stereocenters. The average Bonchev–Trinajstić information content (AvgIpc) is 3.14. The van der Waals surface area contributed by atoms with E-state index in [-0.39, 0.29) is 17.9 Å². The normalized spacial score (nSPS) is 14.2. The molecule has 1 atom stereocenters. The predicted molar refractivity (Wildman–Crippen MR) is 115 cm³/mol. The minimum atomic E-state index is -0.126. The van der Waals surface area contributed by atoms with E-state index < -0.39 is 0 Å². The van der Waals surface area contributed by atoms with Gasteiger partial charge in [-0.1, -0.05) is 32.0 Å². The lowest BCUT2D eigenvalue weighted by Gasteiger charge is -2.24. The molecule has 0 saturated carbocycles. The van der Waals surface area contributed by atoms with E-state index in [1.54, 1.807) is 6.20 Å². The number of nitrogens with one attached hydrogen (secondary N) is 1. The minimum Gasteiger partial charge on any atom is -0.490 e. The molecule has 0 radical (unpaired) electrons. The molecule has 0 fully saturated rings. The van der Waals surface area contributed by atoms with Crippen molar-refractivity contribution in [2.75, 3.05) is 13.2 Å². The van der Waals surface area contributed by atoms with Gasteiger partial charge < -0.3 is 14.8 Å². The van der Waals surface area contributed by atoms with Crippen LogP contribution in [0.5, 0.6) is 11.5 Å². The van der Waals surface area contributed by atoms with E-state index in [0.29, 0.717) is 25.3 Å². The summed E-state index contributed by atoms with van der Waals surface area (Å²) in [6, 6.07) is 15.3. The van der Waals surface area contributed by atoms with Gasteiger partial charge in [-0.2, -0.15) is 5.10 Å². The first kappa shape index (κ1) is 20.0. The molecule has 1 aliphatic heterocycles. The standard InChI is InChI=1S/C24H27N3O3/c1-17(2)23(20-9-10-21-22(15-20)30-14-4-13-29-21)26-24(28)19-7-5-18(6-8-19)16-27-12-3-11-25-27/h3,5-12,15,17,23H,4,13-14,16H2,1-2H3,(H,26,28). The molecule has 1 aliphatic rings. The Hall–Kier alpha value is -3.28. The summed E-state index contributed by atoms with van der Waals surface area (Å²) in [4.78, 5) is 12.9. The summed E-state index contributed by atoms with van der Waals surface area (Å²) in [5, 5.41) is 7.40. The van der Waals surface area contributed by atoms with Crippen LogP contribution in [0.25, 0.3) is 0 Å². The van der Waals surface area contributed by atoms with Crippen molar-refractivity contribution >= 4 is 5.91 Å². The second-order valence-electron chi connectivity index (χ2n) is 7.85. The maximum Gasteiger partial charge on any atom is 0.251 e. The van der Waals surface area contributed by atoms with E-state index >= 15 is 0 Å². The zero-order valence-corrected chi connectivity index (χ0v) is 17.4. The summed E-state index contributed by atoms with van der Waals surface area (Å²) < 4.78 is 13.4. The summed E-state index contributed by atoms with van der Waals surface area (Å²) in [6.45, 7) is 6.18. The summed E-state index contributed by atoms with van der Waals surface area (Å²) in [7, 11) is 0. The lowest BCUT2D eigenvalue weighted by Crippen LogP contribution is -2.31. The van der Waals surface area contributed by atoms with Crippen LogP contribution < -0.4 is 14.8 Å². The second kappa shape index (κ2) is 9.03. The van der Waals surface area contributed by atoms with Crippen LogP contribution in [0.3, 0.4) is 0 Å². The van der Waals surface area contributed by atoms with E-state index in [1.807, 2.05) is 59.4 Å². The molecule has 0 aliphatic carbocycles. The Balaban J connectivity index is 1.48. The monoisotopic (exact) mass is 405 g/mol. The van der Waals surface area contributed by atoms with Crippen LogP contribution >= 0.6 is 0 Å². The van der Waals surface area contributed by atoms with Gasteiger partial charge in [0.1, 0.15) is 0 Å². The van der Waals surface area contributed by atoms with E-state index in [2.05, 4.69) is 24.3 Å². The highest BCUT2D eigenvalue weighted by molar-refractivity contribution is 5.94.